The number of carbonyl (C=O) groups excluding carboxylic acids is 2. The third kappa shape index (κ3) is 10.3. The topological polar surface area (TPSA) is 141 Å². The van der Waals surface area contributed by atoms with Crippen LogP contribution in [-0.4, -0.2) is 69.9 Å². The highest BCUT2D eigenvalue weighted by molar-refractivity contribution is 5.88. The maximum absolute atomic E-state index is 12.5. The summed E-state index contributed by atoms with van der Waals surface area (Å²) in [6.45, 7) is 11.2. The van der Waals surface area contributed by atoms with Crippen molar-refractivity contribution in [2.45, 2.75) is 65.9 Å². The van der Waals surface area contributed by atoms with Gasteiger partial charge in [-0.3, -0.25) is 15.5 Å². The Morgan fingerprint density at radius 3 is 1.55 bits per heavy atom. The summed E-state index contributed by atoms with van der Waals surface area (Å²) in [6.07, 6.45) is -1.21. The van der Waals surface area contributed by atoms with Gasteiger partial charge < -0.3 is 24.8 Å². The maximum Gasteiger partial charge on any atom is 0.412 e. The van der Waals surface area contributed by atoms with Crippen LogP contribution in [0.1, 0.15) is 52.7 Å². The molecule has 38 heavy (non-hydrogen) atoms. The zero-order chi connectivity index (χ0) is 28.5. The van der Waals surface area contributed by atoms with Crippen molar-refractivity contribution in [3.8, 4) is 11.1 Å². The van der Waals surface area contributed by atoms with E-state index in [1.807, 2.05) is 23.1 Å². The third-order valence-electron chi connectivity index (χ3n) is 5.21. The largest absolute Gasteiger partial charge is 0.444 e. The minimum atomic E-state index is -0.667. The standard InChI is InChI=1S/C28H41N3O7/c1-27(2,3)37-25(35)29-23-9-7-19(15-21(23)17-31(11-13-32)12-14-33)20-8-10-24(22(16-20)18-34)30-26(36)38-28(4,5)6/h7-10,15-16,32-34H,11-14,17-18H2,1-6H3,(H,29,35)(H,30,36). The Labute approximate surface area is 224 Å². The number of nitrogens with one attached hydrogen (secondary N) is 2. The number of benzene rings is 2. The first-order valence-electron chi connectivity index (χ1n) is 12.6. The molecule has 0 aromatic heterocycles. The number of aliphatic hydroxyl groups excluding tert-OH is 3. The normalized spacial score (nSPS) is 11.8. The fourth-order valence-corrected chi connectivity index (χ4v) is 3.67. The van der Waals surface area contributed by atoms with E-state index in [0.717, 1.165) is 16.7 Å². The lowest BCUT2D eigenvalue weighted by atomic mass is 9.99. The molecule has 0 radical (unpaired) electrons. The summed E-state index contributed by atoms with van der Waals surface area (Å²) >= 11 is 0. The van der Waals surface area contributed by atoms with Gasteiger partial charge in [-0.05, 0) is 82.5 Å². The van der Waals surface area contributed by atoms with Crippen molar-refractivity contribution < 1.29 is 34.4 Å². The van der Waals surface area contributed by atoms with E-state index in [0.29, 0.717) is 36.6 Å². The van der Waals surface area contributed by atoms with E-state index < -0.39 is 23.4 Å². The molecule has 5 N–H and O–H groups in total. The highest BCUT2D eigenvalue weighted by Crippen LogP contribution is 2.30. The van der Waals surface area contributed by atoms with Gasteiger partial charge in [0.05, 0.1) is 19.8 Å². The number of hydrogen-bond donors (Lipinski definition) is 5. The zero-order valence-electron chi connectivity index (χ0n) is 23.1. The molecule has 0 heterocycles. The van der Waals surface area contributed by atoms with Crippen LogP contribution in [0.3, 0.4) is 0 Å². The molecule has 2 aromatic carbocycles. The Morgan fingerprint density at radius 1 is 0.737 bits per heavy atom. The molecular formula is C28H41N3O7. The average molecular weight is 532 g/mol. The van der Waals surface area contributed by atoms with Gasteiger partial charge in [0.1, 0.15) is 11.2 Å². The minimum absolute atomic E-state index is 0.0828. The Morgan fingerprint density at radius 2 is 1.16 bits per heavy atom. The van der Waals surface area contributed by atoms with E-state index in [1.54, 1.807) is 59.7 Å². The first-order valence-corrected chi connectivity index (χ1v) is 12.6. The van der Waals surface area contributed by atoms with Crippen LogP contribution in [0, 0.1) is 0 Å². The van der Waals surface area contributed by atoms with Crippen LogP contribution < -0.4 is 10.6 Å². The molecule has 0 spiro atoms. The van der Waals surface area contributed by atoms with Gasteiger partial charge in [-0.2, -0.15) is 0 Å². The number of hydrogen-bond acceptors (Lipinski definition) is 8. The van der Waals surface area contributed by atoms with E-state index in [1.165, 1.54) is 0 Å². The summed E-state index contributed by atoms with van der Waals surface area (Å²) in [5.41, 5.74) is 2.49. The molecule has 0 bridgehead atoms. The predicted molar refractivity (Wildman–Crippen MR) is 147 cm³/mol. The molecule has 0 aliphatic rings. The summed E-state index contributed by atoms with van der Waals surface area (Å²) < 4.78 is 10.7. The van der Waals surface area contributed by atoms with Gasteiger partial charge in [-0.15, -0.1) is 0 Å². The molecule has 0 atom stereocenters. The SMILES string of the molecule is CC(C)(C)OC(=O)Nc1ccc(-c2ccc(NC(=O)OC(C)(C)C)c(CN(CCO)CCO)c2)cc1CO. The first-order chi connectivity index (χ1) is 17.7. The van der Waals surface area contributed by atoms with Crippen LogP contribution >= 0.6 is 0 Å². The fourth-order valence-electron chi connectivity index (χ4n) is 3.67. The number of anilines is 2. The summed E-state index contributed by atoms with van der Waals surface area (Å²) in [6, 6.07) is 10.8. The van der Waals surface area contributed by atoms with E-state index >= 15 is 0 Å². The highest BCUT2D eigenvalue weighted by Gasteiger charge is 2.20. The Kier molecular flexibility index (Phi) is 11.1. The zero-order valence-corrected chi connectivity index (χ0v) is 23.1. The molecule has 210 valence electrons. The Balaban J connectivity index is 2.41. The Bertz CT molecular complexity index is 1080. The molecule has 0 fully saturated rings. The van der Waals surface area contributed by atoms with Crippen LogP contribution in [-0.2, 0) is 22.6 Å². The second kappa shape index (κ2) is 13.6. The molecule has 0 saturated carbocycles. The number of ether oxygens (including phenoxy) is 2. The molecule has 0 unspecified atom stereocenters. The van der Waals surface area contributed by atoms with Crippen LogP contribution in [0.15, 0.2) is 36.4 Å². The molecule has 2 aromatic rings. The van der Waals surface area contributed by atoms with Crippen molar-refractivity contribution in [1.29, 1.82) is 0 Å². The number of carbonyl (C=O) groups is 2. The smallest absolute Gasteiger partial charge is 0.412 e. The van der Waals surface area contributed by atoms with E-state index in [9.17, 15) is 24.9 Å². The molecule has 0 aliphatic heterocycles. The molecular weight excluding hydrogens is 490 g/mol. The summed E-state index contributed by atoms with van der Waals surface area (Å²) in [5, 5.41) is 34.3. The lowest BCUT2D eigenvalue weighted by Crippen LogP contribution is -2.30. The van der Waals surface area contributed by atoms with E-state index in [4.69, 9.17) is 9.47 Å². The molecule has 0 aliphatic carbocycles. The quantitative estimate of drug-likeness (QED) is 0.305. The van der Waals surface area contributed by atoms with Crippen molar-refractivity contribution in [2.75, 3.05) is 36.9 Å². The summed E-state index contributed by atoms with van der Waals surface area (Å²) in [5.74, 6) is 0. The van der Waals surface area contributed by atoms with Crippen molar-refractivity contribution in [1.82, 2.24) is 4.90 Å². The number of nitrogens with zero attached hydrogens (tertiary/aromatic N) is 1. The van der Waals surface area contributed by atoms with E-state index in [-0.39, 0.29) is 19.8 Å². The van der Waals surface area contributed by atoms with E-state index in [2.05, 4.69) is 10.6 Å². The van der Waals surface area contributed by atoms with Crippen LogP contribution in [0.4, 0.5) is 21.0 Å². The van der Waals surface area contributed by atoms with Crippen LogP contribution in [0.2, 0.25) is 0 Å². The van der Waals surface area contributed by atoms with Gasteiger partial charge in [-0.25, -0.2) is 9.59 Å². The number of rotatable bonds is 10. The van der Waals surface area contributed by atoms with Gasteiger partial charge in [0.25, 0.3) is 0 Å². The number of amides is 2. The van der Waals surface area contributed by atoms with Crippen molar-refractivity contribution in [3.63, 3.8) is 0 Å². The summed E-state index contributed by atoms with van der Waals surface area (Å²) in [4.78, 5) is 26.6. The molecule has 0 saturated heterocycles. The fraction of sp³-hybridized carbons (Fsp3) is 0.500. The van der Waals surface area contributed by atoms with Gasteiger partial charge in [0, 0.05) is 36.6 Å². The van der Waals surface area contributed by atoms with Gasteiger partial charge in [0.2, 0.25) is 0 Å². The van der Waals surface area contributed by atoms with Crippen molar-refractivity contribution in [3.05, 3.63) is 47.5 Å². The molecule has 2 rings (SSSR count). The van der Waals surface area contributed by atoms with Crippen molar-refractivity contribution in [2.24, 2.45) is 0 Å². The maximum atomic E-state index is 12.5. The van der Waals surface area contributed by atoms with Gasteiger partial charge in [0.15, 0.2) is 0 Å². The van der Waals surface area contributed by atoms with Gasteiger partial charge >= 0.3 is 12.2 Å². The Hall–Kier alpha value is -3.18. The number of aliphatic hydroxyl groups is 3. The lowest BCUT2D eigenvalue weighted by molar-refractivity contribution is 0.0624. The molecule has 10 nitrogen and oxygen atoms in total. The molecule has 10 heteroatoms. The monoisotopic (exact) mass is 531 g/mol. The summed E-state index contributed by atoms with van der Waals surface area (Å²) in [7, 11) is 0. The second-order valence-corrected chi connectivity index (χ2v) is 10.9. The molecule has 2 amide bonds. The third-order valence-corrected chi connectivity index (χ3v) is 5.21. The van der Waals surface area contributed by atoms with Crippen LogP contribution in [0.25, 0.3) is 11.1 Å². The average Bonchev–Trinajstić information content (AvgIpc) is 2.78. The van der Waals surface area contributed by atoms with Crippen molar-refractivity contribution >= 4 is 23.6 Å². The van der Waals surface area contributed by atoms with Gasteiger partial charge in [-0.1, -0.05) is 12.1 Å². The lowest BCUT2D eigenvalue weighted by Gasteiger charge is -2.24. The van der Waals surface area contributed by atoms with Crippen LogP contribution in [0.5, 0.6) is 0 Å². The minimum Gasteiger partial charge on any atom is -0.444 e. The first kappa shape index (κ1) is 31.0. The highest BCUT2D eigenvalue weighted by atomic mass is 16.6. The second-order valence-electron chi connectivity index (χ2n) is 10.9. The predicted octanol–water partition coefficient (Wildman–Crippen LogP) is 4.33.